The van der Waals surface area contributed by atoms with Gasteiger partial charge in [0, 0.05) is 16.0 Å². The second-order valence-corrected chi connectivity index (χ2v) is 13.9. The molecule has 6 heteroatoms. The van der Waals surface area contributed by atoms with Gasteiger partial charge in [-0.15, -0.1) is 0 Å². The Kier molecular flexibility index (Phi) is 2.85. The Balaban J connectivity index is 1.68. The molecule has 4 fully saturated rings. The number of carbonyl (C=O) groups excluding carboxylic acids is 1. The molecule has 6 atom stereocenters. The van der Waals surface area contributed by atoms with Gasteiger partial charge in [0.2, 0.25) is 0 Å². The molecule has 0 bridgehead atoms. The first-order valence-electron chi connectivity index (χ1n) is 8.24. The fraction of sp³-hybridized carbons (Fsp3) is 0.938. The molecule has 0 aromatic heterocycles. The molecule has 3 aliphatic heterocycles. The Labute approximate surface area is 132 Å². The lowest BCUT2D eigenvalue weighted by Gasteiger charge is -2.56. The molecule has 0 amide bonds. The van der Waals surface area contributed by atoms with Crippen LogP contribution < -0.4 is 0 Å². The van der Waals surface area contributed by atoms with Crippen LogP contribution in [0.2, 0.25) is 10.1 Å². The minimum Gasteiger partial charge on any atom is -0.459 e. The molecular weight excluding hydrogens is 300 g/mol. The molecule has 4 rings (SSSR count). The number of carbonyl (C=O) groups is 1. The molecular formula is C16H26O5Si. The maximum atomic E-state index is 11.9. The summed E-state index contributed by atoms with van der Waals surface area (Å²) >= 11 is 0. The van der Waals surface area contributed by atoms with Crippen molar-refractivity contribution in [2.45, 2.75) is 76.0 Å². The molecule has 0 aromatic rings. The Morgan fingerprint density at radius 1 is 1.00 bits per heavy atom. The molecule has 3 saturated heterocycles. The largest absolute Gasteiger partial charge is 0.459 e. The summed E-state index contributed by atoms with van der Waals surface area (Å²) in [7, 11) is -2.54. The van der Waals surface area contributed by atoms with E-state index in [0.29, 0.717) is 6.61 Å². The predicted octanol–water partition coefficient (Wildman–Crippen LogP) is 2.38. The van der Waals surface area contributed by atoms with Gasteiger partial charge in [-0.05, 0) is 0 Å². The number of hydrogen-bond donors (Lipinski definition) is 0. The minimum absolute atomic E-state index is 0.0399. The van der Waals surface area contributed by atoms with Gasteiger partial charge in [-0.25, -0.2) is 0 Å². The monoisotopic (exact) mass is 326 g/mol. The van der Waals surface area contributed by atoms with Gasteiger partial charge in [-0.3, -0.25) is 4.79 Å². The first kappa shape index (κ1) is 15.1. The van der Waals surface area contributed by atoms with Gasteiger partial charge in [-0.1, -0.05) is 41.5 Å². The highest BCUT2D eigenvalue weighted by Gasteiger charge is 2.75. The summed E-state index contributed by atoms with van der Waals surface area (Å²) in [4.78, 5) is 11.9. The number of fused-ring (bicyclic) bond motifs is 3. The van der Waals surface area contributed by atoms with Gasteiger partial charge < -0.3 is 18.3 Å². The van der Waals surface area contributed by atoms with Crippen LogP contribution in [0.15, 0.2) is 0 Å². The highest BCUT2D eigenvalue weighted by atomic mass is 28.4. The first-order valence-corrected chi connectivity index (χ1v) is 10.1. The molecule has 0 aromatic carbocycles. The van der Waals surface area contributed by atoms with Gasteiger partial charge in [0.25, 0.3) is 0 Å². The van der Waals surface area contributed by atoms with Gasteiger partial charge >= 0.3 is 14.5 Å². The van der Waals surface area contributed by atoms with Crippen LogP contribution >= 0.6 is 0 Å². The van der Waals surface area contributed by atoms with Crippen LogP contribution in [0.25, 0.3) is 0 Å². The molecule has 22 heavy (non-hydrogen) atoms. The third kappa shape index (κ3) is 1.72. The van der Waals surface area contributed by atoms with Gasteiger partial charge in [-0.2, -0.15) is 0 Å². The van der Waals surface area contributed by atoms with Crippen LogP contribution in [0.1, 0.15) is 41.5 Å². The molecule has 4 aliphatic rings. The van der Waals surface area contributed by atoms with Crippen molar-refractivity contribution >= 4 is 14.5 Å². The van der Waals surface area contributed by atoms with Crippen molar-refractivity contribution in [2.24, 2.45) is 11.8 Å². The maximum absolute atomic E-state index is 11.9. The summed E-state index contributed by atoms with van der Waals surface area (Å²) < 4.78 is 24.8. The first-order chi connectivity index (χ1) is 10.1. The van der Waals surface area contributed by atoms with Crippen molar-refractivity contribution in [2.75, 3.05) is 6.61 Å². The van der Waals surface area contributed by atoms with E-state index in [2.05, 4.69) is 41.5 Å². The van der Waals surface area contributed by atoms with E-state index in [0.717, 1.165) is 0 Å². The molecule has 0 N–H and O–H groups in total. The molecule has 5 nitrogen and oxygen atoms in total. The third-order valence-electron chi connectivity index (χ3n) is 5.66. The lowest BCUT2D eigenvalue weighted by molar-refractivity contribution is -0.201. The third-order valence-corrected chi connectivity index (χ3v) is 10.8. The fourth-order valence-electron chi connectivity index (χ4n) is 4.85. The van der Waals surface area contributed by atoms with Gasteiger partial charge in [0.05, 0.1) is 18.6 Å². The highest BCUT2D eigenvalue weighted by molar-refractivity contribution is 6.73. The Morgan fingerprint density at radius 3 is 2.23 bits per heavy atom. The van der Waals surface area contributed by atoms with Gasteiger partial charge in [0.1, 0.15) is 18.3 Å². The Hall–Kier alpha value is -0.433. The lowest BCUT2D eigenvalue weighted by atomic mass is 10.0. The molecule has 0 radical (unpaired) electrons. The van der Waals surface area contributed by atoms with E-state index in [9.17, 15) is 4.79 Å². The SMILES string of the molecule is CC(C)(C)[Si]1(C(C)(C)C)OC[C@H]2O[C@H]3[C@H]4C(=O)O[C@@H]([C@@H]2O1)[C@@H]34. The average molecular weight is 326 g/mol. The minimum atomic E-state index is -2.54. The summed E-state index contributed by atoms with van der Waals surface area (Å²) in [6, 6.07) is 0. The van der Waals surface area contributed by atoms with Crippen molar-refractivity contribution in [3.8, 4) is 0 Å². The second-order valence-electron chi connectivity index (χ2n) is 9.15. The van der Waals surface area contributed by atoms with E-state index in [-0.39, 0.29) is 52.3 Å². The van der Waals surface area contributed by atoms with E-state index in [1.165, 1.54) is 0 Å². The fourth-order valence-corrected chi connectivity index (χ4v) is 9.80. The predicted molar refractivity (Wildman–Crippen MR) is 81.5 cm³/mol. The number of rotatable bonds is 0. The summed E-state index contributed by atoms with van der Waals surface area (Å²) in [5, 5.41) is -0.142. The van der Waals surface area contributed by atoms with E-state index in [4.69, 9.17) is 18.3 Å². The summed E-state index contributed by atoms with van der Waals surface area (Å²) in [6.45, 7) is 13.7. The topological polar surface area (TPSA) is 54.0 Å². The van der Waals surface area contributed by atoms with Crippen molar-refractivity contribution in [1.29, 1.82) is 0 Å². The van der Waals surface area contributed by atoms with E-state index >= 15 is 0 Å². The van der Waals surface area contributed by atoms with Crippen LogP contribution in [0.5, 0.6) is 0 Å². The molecule has 0 spiro atoms. The maximum Gasteiger partial charge on any atom is 0.349 e. The molecule has 1 aliphatic carbocycles. The zero-order valence-corrected chi connectivity index (χ0v) is 15.2. The average Bonchev–Trinajstić information content (AvgIpc) is 2.97. The normalized spacial score (nSPS) is 45.8. The lowest BCUT2D eigenvalue weighted by Crippen LogP contribution is -2.68. The van der Waals surface area contributed by atoms with Crippen molar-refractivity contribution in [3.63, 3.8) is 0 Å². The van der Waals surface area contributed by atoms with E-state index < -0.39 is 8.56 Å². The molecule has 1 saturated carbocycles. The number of hydrogen-bond acceptors (Lipinski definition) is 5. The van der Waals surface area contributed by atoms with Crippen LogP contribution in [-0.2, 0) is 23.1 Å². The second kappa shape index (κ2) is 4.15. The number of esters is 1. The van der Waals surface area contributed by atoms with E-state index in [1.54, 1.807) is 0 Å². The smallest absolute Gasteiger partial charge is 0.349 e. The van der Waals surface area contributed by atoms with Crippen LogP contribution in [-0.4, -0.2) is 45.6 Å². The van der Waals surface area contributed by atoms with Crippen molar-refractivity contribution in [1.82, 2.24) is 0 Å². The number of ether oxygens (including phenoxy) is 2. The summed E-state index contributed by atoms with van der Waals surface area (Å²) in [6.07, 6.45) is -0.369. The zero-order chi connectivity index (χ0) is 16.1. The summed E-state index contributed by atoms with van der Waals surface area (Å²) in [5.74, 6) is 0.0466. The quantitative estimate of drug-likeness (QED) is 0.505. The zero-order valence-electron chi connectivity index (χ0n) is 14.2. The van der Waals surface area contributed by atoms with Crippen molar-refractivity contribution < 1.29 is 23.1 Å². The van der Waals surface area contributed by atoms with Crippen LogP contribution in [0.4, 0.5) is 0 Å². The van der Waals surface area contributed by atoms with E-state index in [1.807, 2.05) is 0 Å². The van der Waals surface area contributed by atoms with Crippen molar-refractivity contribution in [3.05, 3.63) is 0 Å². The Bertz CT molecular complexity index is 506. The van der Waals surface area contributed by atoms with Crippen LogP contribution in [0, 0.1) is 11.8 Å². The van der Waals surface area contributed by atoms with Crippen LogP contribution in [0.3, 0.4) is 0 Å². The molecule has 3 heterocycles. The molecule has 124 valence electrons. The van der Waals surface area contributed by atoms with Gasteiger partial charge in [0.15, 0.2) is 0 Å². The standard InChI is InChI=1S/C16H26O5Si/c1-15(2,3)22(16(4,5)6)18-7-8-11(21-22)13-9-10(12(9)19-8)14(17)20-13/h8-13H,7H2,1-6H3/t8-,9-,10+,11-,12-,13-/m1/s1. The molecule has 0 unspecified atom stereocenters. The summed E-state index contributed by atoms with van der Waals surface area (Å²) in [5.41, 5.74) is 0. The highest BCUT2D eigenvalue weighted by Crippen LogP contribution is 2.61. The Morgan fingerprint density at radius 2 is 1.64 bits per heavy atom.